The van der Waals surface area contributed by atoms with Crippen LogP contribution in [0.3, 0.4) is 0 Å². The number of nitrogens with zero attached hydrogens (tertiary/aromatic N) is 1. The molecule has 0 aliphatic heterocycles. The van der Waals surface area contributed by atoms with Gasteiger partial charge in [-0.2, -0.15) is 0 Å². The van der Waals surface area contributed by atoms with Crippen LogP contribution in [0, 0.1) is 6.92 Å². The van der Waals surface area contributed by atoms with Gasteiger partial charge in [0.25, 0.3) is 0 Å². The summed E-state index contributed by atoms with van der Waals surface area (Å²) in [4.78, 5) is 18.3. The molecule has 82 valence electrons. The lowest BCUT2D eigenvalue weighted by Gasteiger charge is -2.06. The summed E-state index contributed by atoms with van der Waals surface area (Å²) >= 11 is 5.71. The van der Waals surface area contributed by atoms with E-state index in [9.17, 15) is 4.79 Å². The zero-order valence-electron chi connectivity index (χ0n) is 8.53. The SMILES string of the molecule is Cc1[nH]ccc(=O)c1Oc1ccnc(Cl)c1. The summed E-state index contributed by atoms with van der Waals surface area (Å²) in [6, 6.07) is 4.59. The van der Waals surface area contributed by atoms with Crippen LogP contribution in [0.2, 0.25) is 5.15 Å². The van der Waals surface area contributed by atoms with Gasteiger partial charge in [0.05, 0.1) is 5.69 Å². The number of aromatic nitrogens is 2. The molecule has 2 aromatic rings. The van der Waals surface area contributed by atoms with E-state index in [1.807, 2.05) is 0 Å². The molecule has 0 aliphatic carbocycles. The molecule has 0 radical (unpaired) electrons. The van der Waals surface area contributed by atoms with Gasteiger partial charge in [-0.05, 0) is 13.0 Å². The summed E-state index contributed by atoms with van der Waals surface area (Å²) < 4.78 is 5.45. The molecule has 0 fully saturated rings. The molecule has 0 aromatic carbocycles. The topological polar surface area (TPSA) is 55.0 Å². The molecule has 0 saturated carbocycles. The van der Waals surface area contributed by atoms with Crippen molar-refractivity contribution in [2.24, 2.45) is 0 Å². The zero-order chi connectivity index (χ0) is 11.5. The maximum absolute atomic E-state index is 11.5. The largest absolute Gasteiger partial charge is 0.451 e. The maximum atomic E-state index is 11.5. The number of aromatic amines is 1. The van der Waals surface area contributed by atoms with Gasteiger partial charge >= 0.3 is 0 Å². The van der Waals surface area contributed by atoms with Crippen molar-refractivity contribution < 1.29 is 4.74 Å². The van der Waals surface area contributed by atoms with Crippen molar-refractivity contribution in [1.82, 2.24) is 9.97 Å². The Labute approximate surface area is 96.9 Å². The fraction of sp³-hybridized carbons (Fsp3) is 0.0909. The Kier molecular flexibility index (Phi) is 2.92. The van der Waals surface area contributed by atoms with Crippen LogP contribution in [0.4, 0.5) is 0 Å². The standard InChI is InChI=1S/C11H9ClN2O2/c1-7-11(9(15)3-5-13-7)16-8-2-4-14-10(12)6-8/h2-6H,1H3,(H,13,15). The van der Waals surface area contributed by atoms with Crippen LogP contribution in [0.1, 0.15) is 5.69 Å². The van der Waals surface area contributed by atoms with E-state index in [1.165, 1.54) is 12.3 Å². The summed E-state index contributed by atoms with van der Waals surface area (Å²) in [6.45, 7) is 1.76. The highest BCUT2D eigenvalue weighted by molar-refractivity contribution is 6.29. The molecule has 4 nitrogen and oxygen atoms in total. The zero-order valence-corrected chi connectivity index (χ0v) is 9.28. The predicted octanol–water partition coefficient (Wildman–Crippen LogP) is 2.52. The van der Waals surface area contributed by atoms with Crippen molar-refractivity contribution in [2.75, 3.05) is 0 Å². The van der Waals surface area contributed by atoms with Crippen molar-refractivity contribution in [1.29, 1.82) is 0 Å². The van der Waals surface area contributed by atoms with E-state index in [2.05, 4.69) is 9.97 Å². The molecule has 2 heterocycles. The molecule has 0 atom stereocenters. The first-order chi connectivity index (χ1) is 7.66. The second kappa shape index (κ2) is 4.37. The maximum Gasteiger partial charge on any atom is 0.224 e. The Balaban J connectivity index is 2.38. The molecule has 0 amide bonds. The van der Waals surface area contributed by atoms with Gasteiger partial charge in [-0.15, -0.1) is 0 Å². The van der Waals surface area contributed by atoms with E-state index >= 15 is 0 Å². The van der Waals surface area contributed by atoms with Gasteiger partial charge in [0.2, 0.25) is 5.43 Å². The monoisotopic (exact) mass is 236 g/mol. The smallest absolute Gasteiger partial charge is 0.224 e. The number of rotatable bonds is 2. The Morgan fingerprint density at radius 3 is 2.94 bits per heavy atom. The van der Waals surface area contributed by atoms with Gasteiger partial charge in [-0.3, -0.25) is 4.79 Å². The van der Waals surface area contributed by atoms with Crippen LogP contribution in [0.25, 0.3) is 0 Å². The van der Waals surface area contributed by atoms with Crippen LogP contribution in [-0.4, -0.2) is 9.97 Å². The number of hydrogen-bond acceptors (Lipinski definition) is 3. The van der Waals surface area contributed by atoms with Gasteiger partial charge in [0.15, 0.2) is 5.75 Å². The minimum atomic E-state index is -0.177. The number of ether oxygens (including phenoxy) is 1. The molecule has 0 unspecified atom stereocenters. The number of halogens is 1. The number of nitrogens with one attached hydrogen (secondary N) is 1. The van der Waals surface area contributed by atoms with Crippen LogP contribution in [0.15, 0.2) is 35.4 Å². The first kappa shape index (κ1) is 10.7. The van der Waals surface area contributed by atoms with Crippen molar-refractivity contribution in [3.63, 3.8) is 0 Å². The number of H-pyrrole nitrogens is 1. The molecule has 2 rings (SSSR count). The molecule has 1 N–H and O–H groups in total. The van der Waals surface area contributed by atoms with E-state index in [1.54, 1.807) is 25.3 Å². The molecular weight excluding hydrogens is 228 g/mol. The predicted molar refractivity (Wildman–Crippen MR) is 61.1 cm³/mol. The van der Waals surface area contributed by atoms with E-state index in [0.717, 1.165) is 0 Å². The van der Waals surface area contributed by atoms with Crippen LogP contribution < -0.4 is 10.2 Å². The molecule has 2 aromatic heterocycles. The fourth-order valence-electron chi connectivity index (χ4n) is 1.26. The number of aryl methyl sites for hydroxylation is 1. The van der Waals surface area contributed by atoms with Crippen molar-refractivity contribution >= 4 is 11.6 Å². The summed E-state index contributed by atoms with van der Waals surface area (Å²) in [5, 5.41) is 0.322. The number of hydrogen-bond donors (Lipinski definition) is 1. The minimum absolute atomic E-state index is 0.177. The first-order valence-corrected chi connectivity index (χ1v) is 5.02. The van der Waals surface area contributed by atoms with Gasteiger partial charge < -0.3 is 9.72 Å². The first-order valence-electron chi connectivity index (χ1n) is 4.64. The van der Waals surface area contributed by atoms with Crippen LogP contribution >= 0.6 is 11.6 Å². The van der Waals surface area contributed by atoms with Gasteiger partial charge in [-0.1, -0.05) is 11.6 Å². The third kappa shape index (κ3) is 2.23. The highest BCUT2D eigenvalue weighted by Gasteiger charge is 2.06. The summed E-state index contributed by atoms with van der Waals surface area (Å²) in [6.07, 6.45) is 3.09. The minimum Gasteiger partial charge on any atom is -0.451 e. The Bertz CT molecular complexity index is 566. The van der Waals surface area contributed by atoms with Crippen LogP contribution in [-0.2, 0) is 0 Å². The molecule has 16 heavy (non-hydrogen) atoms. The van der Waals surface area contributed by atoms with Gasteiger partial charge in [0, 0.05) is 24.5 Å². The van der Waals surface area contributed by atoms with Crippen molar-refractivity contribution in [3.8, 4) is 11.5 Å². The third-order valence-electron chi connectivity index (χ3n) is 2.02. The highest BCUT2D eigenvalue weighted by atomic mass is 35.5. The van der Waals surface area contributed by atoms with Crippen LogP contribution in [0.5, 0.6) is 11.5 Å². The van der Waals surface area contributed by atoms with Gasteiger partial charge in [0.1, 0.15) is 10.9 Å². The average molecular weight is 237 g/mol. The summed E-state index contributed by atoms with van der Waals surface area (Å²) in [7, 11) is 0. The van der Waals surface area contributed by atoms with E-state index < -0.39 is 0 Å². The molecule has 0 bridgehead atoms. The molecule has 0 aliphatic rings. The molecule has 0 saturated heterocycles. The lowest BCUT2D eigenvalue weighted by atomic mass is 10.3. The molecule has 5 heteroatoms. The Morgan fingerprint density at radius 2 is 2.25 bits per heavy atom. The number of pyridine rings is 2. The quantitative estimate of drug-likeness (QED) is 0.816. The third-order valence-corrected chi connectivity index (χ3v) is 2.22. The summed E-state index contributed by atoms with van der Waals surface area (Å²) in [5.41, 5.74) is 0.490. The van der Waals surface area contributed by atoms with Gasteiger partial charge in [-0.25, -0.2) is 4.98 Å². The normalized spacial score (nSPS) is 10.1. The molecule has 0 spiro atoms. The lowest BCUT2D eigenvalue weighted by molar-refractivity contribution is 0.470. The summed E-state index contributed by atoms with van der Waals surface area (Å²) in [5.74, 6) is 0.754. The van der Waals surface area contributed by atoms with E-state index in [4.69, 9.17) is 16.3 Å². The average Bonchev–Trinajstić information content (AvgIpc) is 2.24. The van der Waals surface area contributed by atoms with E-state index in [0.29, 0.717) is 16.6 Å². The second-order valence-corrected chi connectivity index (χ2v) is 3.60. The fourth-order valence-corrected chi connectivity index (χ4v) is 1.43. The Hall–Kier alpha value is -1.81. The Morgan fingerprint density at radius 1 is 1.44 bits per heavy atom. The lowest BCUT2D eigenvalue weighted by Crippen LogP contribution is -2.06. The van der Waals surface area contributed by atoms with E-state index in [-0.39, 0.29) is 11.2 Å². The molecular formula is C11H9ClN2O2. The highest BCUT2D eigenvalue weighted by Crippen LogP contribution is 2.21. The van der Waals surface area contributed by atoms with Crippen molar-refractivity contribution in [3.05, 3.63) is 51.7 Å². The second-order valence-electron chi connectivity index (χ2n) is 3.21. The van der Waals surface area contributed by atoms with Crippen molar-refractivity contribution in [2.45, 2.75) is 6.92 Å².